The Hall–Kier alpha value is -3.47. The number of cyclic esters (lactones) is 1. The second kappa shape index (κ2) is 8.27. The van der Waals surface area contributed by atoms with Crippen LogP contribution in [0.1, 0.15) is 18.1 Å². The average Bonchev–Trinajstić information content (AvgIpc) is 2.65. The zero-order valence-electron chi connectivity index (χ0n) is 14.8. The first-order chi connectivity index (χ1) is 13.0. The molecular formula is C22H18O5. The van der Waals surface area contributed by atoms with Crippen LogP contribution < -0.4 is 4.74 Å². The molecule has 27 heavy (non-hydrogen) atoms. The first-order valence-electron chi connectivity index (χ1n) is 8.46. The van der Waals surface area contributed by atoms with Gasteiger partial charge in [0.2, 0.25) is 0 Å². The summed E-state index contributed by atoms with van der Waals surface area (Å²) in [6.07, 6.45) is 3.91. The number of rotatable bonds is 6. The molecule has 0 saturated heterocycles. The number of carbonyl (C=O) groups excluding carboxylic acids is 3. The number of benzene rings is 2. The highest BCUT2D eigenvalue weighted by atomic mass is 16.5. The van der Waals surface area contributed by atoms with Crippen LogP contribution in [0.15, 0.2) is 72.5 Å². The number of esters is 1. The molecule has 1 unspecified atom stereocenters. The van der Waals surface area contributed by atoms with Crippen molar-refractivity contribution in [3.8, 4) is 5.75 Å². The van der Waals surface area contributed by atoms with Crippen molar-refractivity contribution in [1.82, 2.24) is 0 Å². The van der Waals surface area contributed by atoms with Crippen molar-refractivity contribution < 1.29 is 23.9 Å². The summed E-state index contributed by atoms with van der Waals surface area (Å²) in [5, 5.41) is 0. The third-order valence-corrected chi connectivity index (χ3v) is 4.00. The van der Waals surface area contributed by atoms with E-state index in [0.717, 1.165) is 11.6 Å². The van der Waals surface area contributed by atoms with Crippen molar-refractivity contribution in [2.45, 2.75) is 13.5 Å². The fraction of sp³-hybridized carbons (Fsp3) is 0.136. The van der Waals surface area contributed by atoms with Crippen molar-refractivity contribution in [3.05, 3.63) is 83.6 Å². The van der Waals surface area contributed by atoms with E-state index in [1.165, 1.54) is 19.1 Å². The first-order valence-corrected chi connectivity index (χ1v) is 8.46. The number of para-hydroxylation sites is 1. The highest BCUT2D eigenvalue weighted by molar-refractivity contribution is 6.25. The van der Waals surface area contributed by atoms with E-state index in [2.05, 4.69) is 0 Å². The highest BCUT2D eigenvalue weighted by Crippen LogP contribution is 2.22. The van der Waals surface area contributed by atoms with Crippen molar-refractivity contribution in [3.63, 3.8) is 0 Å². The monoisotopic (exact) mass is 362 g/mol. The molecule has 0 saturated carbocycles. The van der Waals surface area contributed by atoms with Gasteiger partial charge in [0.05, 0.1) is 0 Å². The quantitative estimate of drug-likeness (QED) is 0.447. The third kappa shape index (κ3) is 4.58. The van der Waals surface area contributed by atoms with Crippen LogP contribution >= 0.6 is 0 Å². The van der Waals surface area contributed by atoms with Crippen LogP contribution in [-0.4, -0.2) is 17.5 Å². The number of ketones is 2. The fourth-order valence-electron chi connectivity index (χ4n) is 2.66. The van der Waals surface area contributed by atoms with Crippen LogP contribution in [0.4, 0.5) is 0 Å². The molecule has 0 aromatic heterocycles. The van der Waals surface area contributed by atoms with Crippen molar-refractivity contribution in [1.29, 1.82) is 0 Å². The lowest BCUT2D eigenvalue weighted by atomic mass is 9.96. The van der Waals surface area contributed by atoms with Gasteiger partial charge in [-0.2, -0.15) is 0 Å². The lowest BCUT2D eigenvalue weighted by Crippen LogP contribution is -2.34. The minimum absolute atomic E-state index is 0.192. The van der Waals surface area contributed by atoms with Crippen LogP contribution in [-0.2, 0) is 25.7 Å². The van der Waals surface area contributed by atoms with Crippen LogP contribution in [0.2, 0.25) is 0 Å². The molecular weight excluding hydrogens is 344 g/mol. The Morgan fingerprint density at radius 2 is 1.78 bits per heavy atom. The Kier molecular flexibility index (Phi) is 5.61. The summed E-state index contributed by atoms with van der Waals surface area (Å²) >= 11 is 0. The molecule has 2 aromatic carbocycles. The zero-order chi connectivity index (χ0) is 19.2. The summed E-state index contributed by atoms with van der Waals surface area (Å²) in [6.45, 7) is 1.88. The van der Waals surface area contributed by atoms with Crippen LogP contribution in [0.25, 0.3) is 6.08 Å². The summed E-state index contributed by atoms with van der Waals surface area (Å²) in [6, 6.07) is 16.9. The van der Waals surface area contributed by atoms with Gasteiger partial charge in [-0.15, -0.1) is 0 Å². The number of ether oxygens (including phenoxy) is 2. The topological polar surface area (TPSA) is 69.7 Å². The lowest BCUT2D eigenvalue weighted by Gasteiger charge is -2.15. The molecule has 0 radical (unpaired) electrons. The molecule has 1 aliphatic rings. The van der Waals surface area contributed by atoms with Crippen LogP contribution in [0, 0.1) is 5.92 Å². The maximum atomic E-state index is 12.3. The largest absolute Gasteiger partial charge is 0.488 e. The summed E-state index contributed by atoms with van der Waals surface area (Å²) < 4.78 is 10.7. The molecule has 136 valence electrons. The molecule has 3 rings (SSSR count). The molecule has 0 spiro atoms. The standard InChI is InChI=1S/C22H18O5/c1-15-13-19(24)21(22(25)27-15)18(23)12-11-17-9-5-6-10-20(17)26-14-16-7-3-2-4-8-16/h2-13,21H,14H2,1H3/b12-11+. The minimum Gasteiger partial charge on any atom is -0.488 e. The van der Waals surface area contributed by atoms with Crippen molar-refractivity contribution in [2.24, 2.45) is 5.92 Å². The zero-order valence-corrected chi connectivity index (χ0v) is 14.8. The van der Waals surface area contributed by atoms with Crippen LogP contribution in [0.3, 0.4) is 0 Å². The van der Waals surface area contributed by atoms with Gasteiger partial charge in [0, 0.05) is 11.6 Å². The smallest absolute Gasteiger partial charge is 0.329 e. The van der Waals surface area contributed by atoms with Gasteiger partial charge in [-0.3, -0.25) is 14.4 Å². The Bertz CT molecular complexity index is 925. The second-order valence-corrected chi connectivity index (χ2v) is 6.06. The maximum Gasteiger partial charge on any atom is 0.329 e. The predicted molar refractivity (Wildman–Crippen MR) is 99.6 cm³/mol. The Balaban J connectivity index is 1.73. The van der Waals surface area contributed by atoms with E-state index in [0.29, 0.717) is 17.9 Å². The van der Waals surface area contributed by atoms with Gasteiger partial charge >= 0.3 is 5.97 Å². The summed E-state index contributed by atoms with van der Waals surface area (Å²) in [4.78, 5) is 36.1. The number of carbonyl (C=O) groups is 3. The molecule has 1 atom stereocenters. The Morgan fingerprint density at radius 1 is 1.07 bits per heavy atom. The number of hydrogen-bond acceptors (Lipinski definition) is 5. The minimum atomic E-state index is -1.44. The summed E-state index contributed by atoms with van der Waals surface area (Å²) in [5.74, 6) is -2.68. The van der Waals surface area contributed by atoms with Gasteiger partial charge in [-0.1, -0.05) is 48.5 Å². The van der Waals surface area contributed by atoms with Crippen molar-refractivity contribution in [2.75, 3.05) is 0 Å². The molecule has 5 nitrogen and oxygen atoms in total. The fourth-order valence-corrected chi connectivity index (χ4v) is 2.66. The van der Waals surface area contributed by atoms with E-state index in [9.17, 15) is 14.4 Å². The van der Waals surface area contributed by atoms with E-state index < -0.39 is 23.5 Å². The van der Waals surface area contributed by atoms with E-state index >= 15 is 0 Å². The third-order valence-electron chi connectivity index (χ3n) is 4.00. The van der Waals surface area contributed by atoms with Gasteiger partial charge in [0.15, 0.2) is 17.5 Å². The molecule has 0 amide bonds. The van der Waals surface area contributed by atoms with Gasteiger partial charge in [0.25, 0.3) is 0 Å². The van der Waals surface area contributed by atoms with Gasteiger partial charge in [-0.25, -0.2) is 0 Å². The first kappa shape index (κ1) is 18.3. The normalized spacial score (nSPS) is 16.8. The molecule has 0 N–H and O–H groups in total. The van der Waals surface area contributed by atoms with E-state index in [1.54, 1.807) is 12.1 Å². The van der Waals surface area contributed by atoms with Gasteiger partial charge < -0.3 is 9.47 Å². The Morgan fingerprint density at radius 3 is 2.52 bits per heavy atom. The lowest BCUT2D eigenvalue weighted by molar-refractivity contribution is -0.151. The molecule has 0 bridgehead atoms. The number of hydrogen-bond donors (Lipinski definition) is 0. The predicted octanol–water partition coefficient (Wildman–Crippen LogP) is 3.49. The summed E-state index contributed by atoms with van der Waals surface area (Å²) in [7, 11) is 0. The number of allylic oxidation sites excluding steroid dienone is 3. The maximum absolute atomic E-state index is 12.3. The molecule has 1 aliphatic heterocycles. The Labute approximate surface area is 156 Å². The highest BCUT2D eigenvalue weighted by Gasteiger charge is 2.36. The SMILES string of the molecule is CC1=CC(=O)C(C(=O)/C=C/c2ccccc2OCc2ccccc2)C(=O)O1. The summed E-state index contributed by atoms with van der Waals surface area (Å²) in [5.41, 5.74) is 1.69. The van der Waals surface area contributed by atoms with E-state index in [4.69, 9.17) is 9.47 Å². The van der Waals surface area contributed by atoms with Crippen LogP contribution in [0.5, 0.6) is 5.75 Å². The molecule has 0 aliphatic carbocycles. The molecule has 0 fully saturated rings. The van der Waals surface area contributed by atoms with Crippen molar-refractivity contribution >= 4 is 23.6 Å². The molecule has 5 heteroatoms. The van der Waals surface area contributed by atoms with Gasteiger partial charge in [-0.05, 0) is 30.7 Å². The van der Waals surface area contributed by atoms with E-state index in [-0.39, 0.29) is 5.76 Å². The van der Waals surface area contributed by atoms with E-state index in [1.807, 2.05) is 42.5 Å². The van der Waals surface area contributed by atoms with Gasteiger partial charge in [0.1, 0.15) is 18.1 Å². The second-order valence-electron chi connectivity index (χ2n) is 6.06. The average molecular weight is 362 g/mol. The molecule has 1 heterocycles. The molecule has 2 aromatic rings.